The first-order valence-corrected chi connectivity index (χ1v) is 9.62. The maximum absolute atomic E-state index is 13.5. The third-order valence-corrected chi connectivity index (χ3v) is 4.92. The van der Waals surface area contributed by atoms with Gasteiger partial charge in [0, 0.05) is 17.0 Å². The molecule has 0 bridgehead atoms. The summed E-state index contributed by atoms with van der Waals surface area (Å²) in [6.07, 6.45) is 2.57. The zero-order valence-electron chi connectivity index (χ0n) is 16.7. The molecule has 0 spiro atoms. The molecule has 0 saturated heterocycles. The zero-order chi connectivity index (χ0) is 22.0. The number of ether oxygens (including phenoxy) is 1. The van der Waals surface area contributed by atoms with E-state index in [0.29, 0.717) is 11.5 Å². The van der Waals surface area contributed by atoms with E-state index in [1.54, 1.807) is 54.6 Å². The maximum Gasteiger partial charge on any atom is 0.328 e. The van der Waals surface area contributed by atoms with Crippen LogP contribution in [0, 0.1) is 12.7 Å². The highest BCUT2D eigenvalue weighted by molar-refractivity contribution is 5.97. The van der Waals surface area contributed by atoms with E-state index in [9.17, 15) is 14.3 Å². The number of carbonyl (C=O) groups is 1. The molecule has 0 aliphatic carbocycles. The van der Waals surface area contributed by atoms with Crippen molar-refractivity contribution in [2.75, 3.05) is 0 Å². The van der Waals surface area contributed by atoms with E-state index in [2.05, 4.69) is 0 Å². The second-order valence-corrected chi connectivity index (χ2v) is 7.15. The van der Waals surface area contributed by atoms with E-state index < -0.39 is 5.97 Å². The van der Waals surface area contributed by atoms with Crippen LogP contribution in [0.2, 0.25) is 0 Å². The Morgan fingerprint density at radius 3 is 2.35 bits per heavy atom. The minimum absolute atomic E-state index is 0.155. The first-order chi connectivity index (χ1) is 14.9. The number of aryl methyl sites for hydroxylation is 1. The van der Waals surface area contributed by atoms with Gasteiger partial charge in [-0.2, -0.15) is 0 Å². The van der Waals surface area contributed by atoms with E-state index in [0.717, 1.165) is 39.1 Å². The van der Waals surface area contributed by atoms with E-state index in [1.807, 2.05) is 13.0 Å². The van der Waals surface area contributed by atoms with E-state index in [1.165, 1.54) is 18.2 Å². The lowest BCUT2D eigenvalue weighted by atomic mass is 9.94. The Hall–Kier alpha value is -4.12. The van der Waals surface area contributed by atoms with Gasteiger partial charge in [-0.1, -0.05) is 30.3 Å². The van der Waals surface area contributed by atoms with Gasteiger partial charge in [-0.05, 0) is 77.5 Å². The van der Waals surface area contributed by atoms with Crippen molar-refractivity contribution in [2.45, 2.75) is 6.92 Å². The zero-order valence-corrected chi connectivity index (χ0v) is 16.7. The number of hydrogen-bond acceptors (Lipinski definition) is 3. The van der Waals surface area contributed by atoms with Gasteiger partial charge >= 0.3 is 5.97 Å². The Morgan fingerprint density at radius 1 is 0.968 bits per heavy atom. The van der Waals surface area contributed by atoms with Crippen LogP contribution in [0.25, 0.3) is 28.0 Å². The van der Waals surface area contributed by atoms with Crippen molar-refractivity contribution >= 4 is 22.8 Å². The molecule has 0 unspecified atom stereocenters. The molecule has 31 heavy (non-hydrogen) atoms. The van der Waals surface area contributed by atoms with Crippen LogP contribution in [0.3, 0.4) is 0 Å². The summed E-state index contributed by atoms with van der Waals surface area (Å²) in [7, 11) is 0. The van der Waals surface area contributed by atoms with Crippen molar-refractivity contribution in [1.29, 1.82) is 0 Å². The molecular weight excluding hydrogens is 395 g/mol. The Bertz CT molecular complexity index is 1290. The highest BCUT2D eigenvalue weighted by atomic mass is 19.1. The third kappa shape index (κ3) is 4.41. The molecule has 4 aromatic rings. The van der Waals surface area contributed by atoms with Crippen molar-refractivity contribution in [2.24, 2.45) is 0 Å². The van der Waals surface area contributed by atoms with Gasteiger partial charge in [-0.15, -0.1) is 0 Å². The van der Waals surface area contributed by atoms with Crippen LogP contribution < -0.4 is 4.74 Å². The molecule has 2 N–H and O–H groups in total. The third-order valence-electron chi connectivity index (χ3n) is 4.92. The molecule has 0 atom stereocenters. The number of halogens is 1. The van der Waals surface area contributed by atoms with E-state index >= 15 is 0 Å². The molecule has 0 aromatic heterocycles. The number of carboxylic acids is 1. The first-order valence-electron chi connectivity index (χ1n) is 9.62. The van der Waals surface area contributed by atoms with Crippen molar-refractivity contribution < 1.29 is 24.1 Å². The molecule has 4 nitrogen and oxygen atoms in total. The summed E-state index contributed by atoms with van der Waals surface area (Å²) in [5.41, 5.74) is 3.28. The molecule has 154 valence electrons. The van der Waals surface area contributed by atoms with Crippen molar-refractivity contribution in [3.8, 4) is 28.4 Å². The lowest BCUT2D eigenvalue weighted by Crippen LogP contribution is -1.94. The Labute approximate surface area is 178 Å². The molecule has 0 aliphatic heterocycles. The summed E-state index contributed by atoms with van der Waals surface area (Å²) in [5.74, 6) is -0.0217. The number of aliphatic carboxylic acids is 1. The molecule has 4 aromatic carbocycles. The monoisotopic (exact) mass is 414 g/mol. The number of phenols is 1. The van der Waals surface area contributed by atoms with Crippen LogP contribution in [0.4, 0.5) is 4.39 Å². The number of benzene rings is 4. The Kier molecular flexibility index (Phi) is 5.41. The molecule has 0 fully saturated rings. The van der Waals surface area contributed by atoms with Gasteiger partial charge in [-0.3, -0.25) is 0 Å². The second-order valence-electron chi connectivity index (χ2n) is 7.15. The fraction of sp³-hybridized carbons (Fsp3) is 0.0385. The SMILES string of the molecule is Cc1cc2cc(O)ccc2c(Oc2ccc(/C=C/C(=O)O)cc2)c1-c1ccc(F)cc1. The van der Waals surface area contributed by atoms with Gasteiger partial charge in [0.2, 0.25) is 0 Å². The molecule has 0 heterocycles. The van der Waals surface area contributed by atoms with Crippen molar-refractivity contribution in [3.05, 3.63) is 95.8 Å². The Balaban J connectivity index is 1.83. The molecule has 4 rings (SSSR count). The predicted octanol–water partition coefficient (Wildman–Crippen LogP) is 6.55. The number of aromatic hydroxyl groups is 1. The number of fused-ring (bicyclic) bond motifs is 1. The molecule has 0 saturated carbocycles. The van der Waals surface area contributed by atoms with Crippen LogP contribution in [-0.2, 0) is 4.79 Å². The number of rotatable bonds is 5. The molecule has 0 aliphatic rings. The second kappa shape index (κ2) is 8.32. The average Bonchev–Trinajstić information content (AvgIpc) is 2.74. The molecule has 5 heteroatoms. The van der Waals surface area contributed by atoms with E-state index in [-0.39, 0.29) is 11.6 Å². The van der Waals surface area contributed by atoms with Crippen LogP contribution >= 0.6 is 0 Å². The summed E-state index contributed by atoms with van der Waals surface area (Å²) in [6.45, 7) is 1.94. The smallest absolute Gasteiger partial charge is 0.328 e. The lowest BCUT2D eigenvalue weighted by Gasteiger charge is -2.17. The van der Waals surface area contributed by atoms with Gasteiger partial charge < -0.3 is 14.9 Å². The summed E-state index contributed by atoms with van der Waals surface area (Å²) >= 11 is 0. The maximum atomic E-state index is 13.5. The summed E-state index contributed by atoms with van der Waals surface area (Å²) in [5, 5.41) is 20.3. The van der Waals surface area contributed by atoms with Gasteiger partial charge in [0.05, 0.1) is 0 Å². The van der Waals surface area contributed by atoms with E-state index in [4.69, 9.17) is 9.84 Å². The standard InChI is InChI=1S/C26H19FO4/c1-16-14-19-15-21(28)9-12-23(19)26(25(16)18-5-7-20(27)8-6-18)31-22-10-2-17(3-11-22)4-13-24(29)30/h2-15,28H,1H3,(H,29,30)/b13-4+. The molecular formula is C26H19FO4. The highest BCUT2D eigenvalue weighted by Crippen LogP contribution is 2.42. The summed E-state index contributed by atoms with van der Waals surface area (Å²) in [4.78, 5) is 10.7. The number of phenolic OH excluding ortho intramolecular Hbond substituents is 1. The largest absolute Gasteiger partial charge is 0.508 e. The van der Waals surface area contributed by atoms with Crippen LogP contribution in [-0.4, -0.2) is 16.2 Å². The number of carboxylic acid groups (broad SMARTS) is 1. The normalized spacial score (nSPS) is 11.2. The van der Waals surface area contributed by atoms with Gasteiger partial charge in [0.25, 0.3) is 0 Å². The van der Waals surface area contributed by atoms with Crippen LogP contribution in [0.15, 0.2) is 78.9 Å². The topological polar surface area (TPSA) is 66.8 Å². The van der Waals surface area contributed by atoms with Gasteiger partial charge in [0.15, 0.2) is 0 Å². The average molecular weight is 414 g/mol. The van der Waals surface area contributed by atoms with Crippen LogP contribution in [0.5, 0.6) is 17.2 Å². The Morgan fingerprint density at radius 2 is 1.68 bits per heavy atom. The van der Waals surface area contributed by atoms with Crippen molar-refractivity contribution in [1.82, 2.24) is 0 Å². The quantitative estimate of drug-likeness (QED) is 0.363. The minimum atomic E-state index is -1.02. The van der Waals surface area contributed by atoms with Crippen molar-refractivity contribution in [3.63, 3.8) is 0 Å². The number of hydrogen-bond donors (Lipinski definition) is 2. The molecule has 0 radical (unpaired) electrons. The predicted molar refractivity (Wildman–Crippen MR) is 119 cm³/mol. The summed E-state index contributed by atoms with van der Waals surface area (Å²) in [6, 6.07) is 20.3. The molecule has 0 amide bonds. The minimum Gasteiger partial charge on any atom is -0.508 e. The fourth-order valence-electron chi connectivity index (χ4n) is 3.51. The van der Waals surface area contributed by atoms with Gasteiger partial charge in [-0.25, -0.2) is 9.18 Å². The summed E-state index contributed by atoms with van der Waals surface area (Å²) < 4.78 is 19.8. The first kappa shape index (κ1) is 20.2. The lowest BCUT2D eigenvalue weighted by molar-refractivity contribution is -0.131. The van der Waals surface area contributed by atoms with Crippen LogP contribution in [0.1, 0.15) is 11.1 Å². The fourth-order valence-corrected chi connectivity index (χ4v) is 3.51. The van der Waals surface area contributed by atoms with Gasteiger partial charge in [0.1, 0.15) is 23.1 Å². The highest BCUT2D eigenvalue weighted by Gasteiger charge is 2.16.